The Morgan fingerprint density at radius 1 is 1.20 bits per heavy atom. The topological polar surface area (TPSA) is 48.1 Å². The Kier molecular flexibility index (Phi) is 3.94. The first-order valence-electron chi connectivity index (χ1n) is 5.93. The lowest BCUT2D eigenvalue weighted by Gasteiger charge is -2.13. The van der Waals surface area contributed by atoms with Gasteiger partial charge in [0.2, 0.25) is 5.88 Å². The molecule has 0 saturated heterocycles. The van der Waals surface area contributed by atoms with Gasteiger partial charge >= 0.3 is 6.18 Å². The van der Waals surface area contributed by atoms with Gasteiger partial charge in [-0.1, -0.05) is 12.1 Å². The minimum absolute atomic E-state index is 0.0801. The SMILES string of the molecule is CC(N)c1ccnc(Oc2ccccc2C(F)(F)F)c1. The number of halogens is 3. The van der Waals surface area contributed by atoms with E-state index in [2.05, 4.69) is 4.98 Å². The molecule has 3 nitrogen and oxygen atoms in total. The second-order valence-corrected chi connectivity index (χ2v) is 4.31. The van der Waals surface area contributed by atoms with Crippen molar-refractivity contribution >= 4 is 0 Å². The predicted octanol–water partition coefficient (Wildman–Crippen LogP) is 3.91. The van der Waals surface area contributed by atoms with Crippen molar-refractivity contribution in [2.75, 3.05) is 0 Å². The number of benzene rings is 1. The van der Waals surface area contributed by atoms with Crippen LogP contribution in [0.4, 0.5) is 13.2 Å². The van der Waals surface area contributed by atoms with Crippen LogP contribution in [0.2, 0.25) is 0 Å². The van der Waals surface area contributed by atoms with E-state index >= 15 is 0 Å². The van der Waals surface area contributed by atoms with Gasteiger partial charge in [-0.25, -0.2) is 4.98 Å². The number of hydrogen-bond acceptors (Lipinski definition) is 3. The molecule has 1 aromatic carbocycles. The Labute approximate surface area is 114 Å². The van der Waals surface area contributed by atoms with Crippen LogP contribution in [0.15, 0.2) is 42.6 Å². The molecule has 1 atom stereocenters. The third-order valence-electron chi connectivity index (χ3n) is 2.69. The fraction of sp³-hybridized carbons (Fsp3) is 0.214. The van der Waals surface area contributed by atoms with E-state index in [1.807, 2.05) is 0 Å². The monoisotopic (exact) mass is 282 g/mol. The summed E-state index contributed by atoms with van der Waals surface area (Å²) in [5, 5.41) is 0. The first kappa shape index (κ1) is 14.3. The number of nitrogens with two attached hydrogens (primary N) is 1. The van der Waals surface area contributed by atoms with E-state index in [0.717, 1.165) is 11.6 Å². The van der Waals surface area contributed by atoms with Gasteiger partial charge in [-0.3, -0.25) is 0 Å². The van der Waals surface area contributed by atoms with Gasteiger partial charge in [0.25, 0.3) is 0 Å². The maximum Gasteiger partial charge on any atom is 0.419 e. The quantitative estimate of drug-likeness (QED) is 0.928. The molecule has 0 aliphatic carbocycles. The fourth-order valence-electron chi connectivity index (χ4n) is 1.67. The molecule has 0 radical (unpaired) electrons. The van der Waals surface area contributed by atoms with Crippen molar-refractivity contribution in [1.29, 1.82) is 0 Å². The number of aromatic nitrogens is 1. The van der Waals surface area contributed by atoms with Crippen LogP contribution in [0.5, 0.6) is 11.6 Å². The summed E-state index contributed by atoms with van der Waals surface area (Å²) in [7, 11) is 0. The third-order valence-corrected chi connectivity index (χ3v) is 2.69. The zero-order valence-corrected chi connectivity index (χ0v) is 10.7. The van der Waals surface area contributed by atoms with Crippen molar-refractivity contribution in [3.63, 3.8) is 0 Å². The van der Waals surface area contributed by atoms with Crippen molar-refractivity contribution in [2.24, 2.45) is 5.73 Å². The van der Waals surface area contributed by atoms with Crippen molar-refractivity contribution in [3.8, 4) is 11.6 Å². The van der Waals surface area contributed by atoms with Gasteiger partial charge in [0.1, 0.15) is 5.75 Å². The molecule has 106 valence electrons. The summed E-state index contributed by atoms with van der Waals surface area (Å²) in [5.41, 5.74) is 5.61. The summed E-state index contributed by atoms with van der Waals surface area (Å²) in [6.45, 7) is 1.77. The van der Waals surface area contributed by atoms with E-state index in [9.17, 15) is 13.2 Å². The van der Waals surface area contributed by atoms with Crippen molar-refractivity contribution in [3.05, 3.63) is 53.7 Å². The summed E-state index contributed by atoms with van der Waals surface area (Å²) >= 11 is 0. The highest BCUT2D eigenvalue weighted by Gasteiger charge is 2.34. The van der Waals surface area contributed by atoms with E-state index in [-0.39, 0.29) is 17.7 Å². The van der Waals surface area contributed by atoms with E-state index < -0.39 is 11.7 Å². The number of para-hydroxylation sites is 1. The van der Waals surface area contributed by atoms with Gasteiger partial charge in [-0.2, -0.15) is 13.2 Å². The second-order valence-electron chi connectivity index (χ2n) is 4.31. The van der Waals surface area contributed by atoms with Crippen LogP contribution in [0, 0.1) is 0 Å². The lowest BCUT2D eigenvalue weighted by molar-refractivity contribution is -0.138. The number of hydrogen-bond donors (Lipinski definition) is 1. The van der Waals surface area contributed by atoms with E-state index in [0.29, 0.717) is 0 Å². The molecule has 0 saturated carbocycles. The minimum atomic E-state index is -4.48. The smallest absolute Gasteiger partial charge is 0.419 e. The predicted molar refractivity (Wildman–Crippen MR) is 68.4 cm³/mol. The molecule has 2 aromatic rings. The summed E-state index contributed by atoms with van der Waals surface area (Å²) in [6.07, 6.45) is -3.03. The summed E-state index contributed by atoms with van der Waals surface area (Å²) in [5.74, 6) is -0.203. The molecule has 0 spiro atoms. The average Bonchev–Trinajstić information content (AvgIpc) is 2.38. The molecule has 2 rings (SSSR count). The highest BCUT2D eigenvalue weighted by Crippen LogP contribution is 2.37. The second kappa shape index (κ2) is 5.50. The molecule has 0 amide bonds. The number of pyridine rings is 1. The van der Waals surface area contributed by atoms with Crippen LogP contribution in [0.25, 0.3) is 0 Å². The number of nitrogens with zero attached hydrogens (tertiary/aromatic N) is 1. The summed E-state index contributed by atoms with van der Waals surface area (Å²) < 4.78 is 43.8. The Morgan fingerprint density at radius 2 is 1.90 bits per heavy atom. The molecular formula is C14H13F3N2O. The Hall–Kier alpha value is -2.08. The van der Waals surface area contributed by atoms with Crippen LogP contribution >= 0.6 is 0 Å². The normalized spacial score (nSPS) is 13.1. The molecule has 0 bridgehead atoms. The molecule has 1 heterocycles. The van der Waals surface area contributed by atoms with Crippen LogP contribution < -0.4 is 10.5 Å². The lowest BCUT2D eigenvalue weighted by atomic mass is 10.1. The first-order valence-corrected chi connectivity index (χ1v) is 5.93. The molecular weight excluding hydrogens is 269 g/mol. The maximum absolute atomic E-state index is 12.8. The van der Waals surface area contributed by atoms with Gasteiger partial charge in [-0.15, -0.1) is 0 Å². The standard InChI is InChI=1S/C14H13F3N2O/c1-9(18)10-6-7-19-13(8-10)20-12-5-3-2-4-11(12)14(15,16)17/h2-9H,18H2,1H3. The van der Waals surface area contributed by atoms with Gasteiger partial charge in [-0.05, 0) is 30.7 Å². The average molecular weight is 282 g/mol. The summed E-state index contributed by atoms with van der Waals surface area (Å²) in [4.78, 5) is 3.90. The van der Waals surface area contributed by atoms with Crippen molar-refractivity contribution < 1.29 is 17.9 Å². The fourth-order valence-corrected chi connectivity index (χ4v) is 1.67. The van der Waals surface area contributed by atoms with Gasteiger partial charge in [0.15, 0.2) is 0 Å². The van der Waals surface area contributed by atoms with Crippen LogP contribution in [0.3, 0.4) is 0 Å². The van der Waals surface area contributed by atoms with Crippen LogP contribution in [-0.2, 0) is 6.18 Å². The van der Waals surface area contributed by atoms with Gasteiger partial charge in [0.05, 0.1) is 5.56 Å². The zero-order valence-electron chi connectivity index (χ0n) is 10.7. The minimum Gasteiger partial charge on any atom is -0.438 e. The number of alkyl halides is 3. The van der Waals surface area contributed by atoms with E-state index in [1.165, 1.54) is 30.5 Å². The molecule has 2 N–H and O–H groups in total. The Bertz CT molecular complexity index is 597. The third kappa shape index (κ3) is 3.27. The first-order chi connectivity index (χ1) is 9.38. The number of rotatable bonds is 3. The molecule has 1 aromatic heterocycles. The Balaban J connectivity index is 2.33. The van der Waals surface area contributed by atoms with Crippen molar-refractivity contribution in [1.82, 2.24) is 4.98 Å². The van der Waals surface area contributed by atoms with Crippen molar-refractivity contribution in [2.45, 2.75) is 19.1 Å². The molecule has 6 heteroatoms. The molecule has 0 aliphatic rings. The number of ether oxygens (including phenoxy) is 1. The molecule has 0 fully saturated rings. The van der Waals surface area contributed by atoms with E-state index in [1.54, 1.807) is 13.0 Å². The van der Waals surface area contributed by atoms with Gasteiger partial charge < -0.3 is 10.5 Å². The lowest BCUT2D eigenvalue weighted by Crippen LogP contribution is -2.08. The van der Waals surface area contributed by atoms with E-state index in [4.69, 9.17) is 10.5 Å². The largest absolute Gasteiger partial charge is 0.438 e. The zero-order chi connectivity index (χ0) is 14.8. The highest BCUT2D eigenvalue weighted by atomic mass is 19.4. The Morgan fingerprint density at radius 3 is 2.55 bits per heavy atom. The maximum atomic E-state index is 12.8. The molecule has 1 unspecified atom stereocenters. The van der Waals surface area contributed by atoms with Gasteiger partial charge in [0, 0.05) is 18.3 Å². The molecule has 0 aliphatic heterocycles. The molecule has 20 heavy (non-hydrogen) atoms. The van der Waals surface area contributed by atoms with Crippen LogP contribution in [0.1, 0.15) is 24.1 Å². The highest BCUT2D eigenvalue weighted by molar-refractivity contribution is 5.38. The van der Waals surface area contributed by atoms with Crippen LogP contribution in [-0.4, -0.2) is 4.98 Å². The summed E-state index contributed by atoms with van der Waals surface area (Å²) in [6, 6.07) is 7.96.